The molecule has 2 heterocycles. The molecule has 0 saturated carbocycles. The van der Waals surface area contributed by atoms with Gasteiger partial charge in [0.05, 0.1) is 17.2 Å². The van der Waals surface area contributed by atoms with Gasteiger partial charge in [0.15, 0.2) is 0 Å². The molecule has 0 N–H and O–H groups in total. The molecule has 0 aliphatic carbocycles. The molecule has 0 spiro atoms. The number of esters is 1. The second kappa shape index (κ2) is 12.6. The molecule has 0 aromatic heterocycles. The smallest absolute Gasteiger partial charge is 0.323 e. The minimum absolute atomic E-state index is 0.186. The molecule has 5 nitrogen and oxygen atoms in total. The maximum atomic E-state index is 13.3. The summed E-state index contributed by atoms with van der Waals surface area (Å²) in [5.41, 5.74) is 1.83. The molecule has 1 unspecified atom stereocenters. The Kier molecular flexibility index (Phi) is 9.51. The predicted molar refractivity (Wildman–Crippen MR) is 141 cm³/mol. The number of hydrogen-bond donors (Lipinski definition) is 0. The van der Waals surface area contributed by atoms with Crippen molar-refractivity contribution in [3.05, 3.63) is 63.4 Å². The summed E-state index contributed by atoms with van der Waals surface area (Å²) in [5.74, 6) is 0.933. The third-order valence-corrected chi connectivity index (χ3v) is 8.44. The normalized spacial score (nSPS) is 19.2. The van der Waals surface area contributed by atoms with Crippen LogP contribution in [0.25, 0.3) is 0 Å². The molecule has 2 aliphatic heterocycles. The van der Waals surface area contributed by atoms with Gasteiger partial charge in [0.1, 0.15) is 23.7 Å². The highest BCUT2D eigenvalue weighted by atomic mass is 35.5. The average Bonchev–Trinajstić information content (AvgIpc) is 2.90. The van der Waals surface area contributed by atoms with Crippen LogP contribution in [0.15, 0.2) is 36.4 Å². The lowest BCUT2D eigenvalue weighted by Gasteiger charge is -2.39. The van der Waals surface area contributed by atoms with E-state index >= 15 is 0 Å². The largest absolute Gasteiger partial charge is 0.490 e. The van der Waals surface area contributed by atoms with Crippen LogP contribution >= 0.6 is 23.2 Å². The topological polar surface area (TPSA) is 42.0 Å². The lowest BCUT2D eigenvalue weighted by Crippen LogP contribution is -2.49. The van der Waals surface area contributed by atoms with Crippen LogP contribution in [0.3, 0.4) is 0 Å². The number of benzene rings is 2. The van der Waals surface area contributed by atoms with Crippen molar-refractivity contribution in [1.29, 1.82) is 0 Å². The second-order valence-electron chi connectivity index (χ2n) is 9.95. The van der Waals surface area contributed by atoms with E-state index in [0.29, 0.717) is 22.4 Å². The number of nitrogens with zero attached hydrogens (tertiary/aromatic N) is 2. The zero-order valence-corrected chi connectivity index (χ0v) is 22.5. The number of hydrogen-bond acceptors (Lipinski definition) is 5. The Labute approximate surface area is 223 Å². The first-order valence-electron chi connectivity index (χ1n) is 12.7. The summed E-state index contributed by atoms with van der Waals surface area (Å²) in [7, 11) is 1.43. The first-order chi connectivity index (χ1) is 17.3. The molecular weight excluding hydrogens is 502 g/mol. The Hall–Kier alpha value is -1.86. The summed E-state index contributed by atoms with van der Waals surface area (Å²) >= 11 is 12.4. The molecule has 2 saturated heterocycles. The van der Waals surface area contributed by atoms with Gasteiger partial charge in [-0.05, 0) is 87.9 Å². The van der Waals surface area contributed by atoms with Gasteiger partial charge >= 0.3 is 5.97 Å². The maximum absolute atomic E-state index is 13.3. The second-order valence-corrected chi connectivity index (χ2v) is 10.7. The van der Waals surface area contributed by atoms with Gasteiger partial charge in [0.25, 0.3) is 0 Å². The molecular formula is C28H35Cl2FN2O3. The molecule has 2 aliphatic rings. The van der Waals surface area contributed by atoms with Gasteiger partial charge in [-0.25, -0.2) is 4.39 Å². The number of ether oxygens (including phenoxy) is 2. The molecule has 196 valence electrons. The quantitative estimate of drug-likeness (QED) is 0.400. The van der Waals surface area contributed by atoms with Gasteiger partial charge in [-0.1, -0.05) is 35.3 Å². The van der Waals surface area contributed by atoms with Crippen molar-refractivity contribution in [2.24, 2.45) is 5.92 Å². The fourth-order valence-corrected chi connectivity index (χ4v) is 5.67. The highest BCUT2D eigenvalue weighted by molar-refractivity contribution is 6.42. The lowest BCUT2D eigenvalue weighted by atomic mass is 9.93. The Balaban J connectivity index is 1.23. The molecule has 2 fully saturated rings. The van der Waals surface area contributed by atoms with Crippen LogP contribution in [0, 0.1) is 18.7 Å². The van der Waals surface area contributed by atoms with Crippen LogP contribution in [-0.2, 0) is 16.0 Å². The lowest BCUT2D eigenvalue weighted by molar-refractivity contribution is -0.147. The van der Waals surface area contributed by atoms with Crippen LogP contribution in [-0.4, -0.2) is 67.7 Å². The van der Waals surface area contributed by atoms with Crippen molar-refractivity contribution in [2.45, 2.75) is 51.2 Å². The fraction of sp³-hybridized carbons (Fsp3) is 0.536. The van der Waals surface area contributed by atoms with Crippen molar-refractivity contribution >= 4 is 29.2 Å². The monoisotopic (exact) mass is 536 g/mol. The third-order valence-electron chi connectivity index (χ3n) is 7.54. The Morgan fingerprint density at radius 3 is 2.33 bits per heavy atom. The van der Waals surface area contributed by atoms with Crippen LogP contribution in [0.5, 0.6) is 5.75 Å². The first-order valence-corrected chi connectivity index (χ1v) is 13.5. The predicted octanol–water partition coefficient (Wildman–Crippen LogP) is 5.78. The van der Waals surface area contributed by atoms with Crippen LogP contribution in [0.2, 0.25) is 10.0 Å². The molecule has 0 radical (unpaired) electrons. The van der Waals surface area contributed by atoms with Crippen molar-refractivity contribution in [2.75, 3.05) is 39.8 Å². The van der Waals surface area contributed by atoms with Gasteiger partial charge in [-0.15, -0.1) is 0 Å². The van der Waals surface area contributed by atoms with E-state index in [2.05, 4.69) is 9.80 Å². The van der Waals surface area contributed by atoms with Crippen molar-refractivity contribution in [1.82, 2.24) is 9.80 Å². The summed E-state index contributed by atoms with van der Waals surface area (Å²) in [6, 6.07) is 9.73. The van der Waals surface area contributed by atoms with Gasteiger partial charge < -0.3 is 14.4 Å². The zero-order chi connectivity index (χ0) is 25.7. The zero-order valence-electron chi connectivity index (χ0n) is 21.0. The van der Waals surface area contributed by atoms with E-state index < -0.39 is 0 Å². The van der Waals surface area contributed by atoms with Gasteiger partial charge in [0.2, 0.25) is 0 Å². The number of halogens is 3. The van der Waals surface area contributed by atoms with E-state index in [4.69, 9.17) is 32.7 Å². The van der Waals surface area contributed by atoms with E-state index in [9.17, 15) is 9.18 Å². The highest BCUT2D eigenvalue weighted by Gasteiger charge is 2.32. The highest BCUT2D eigenvalue weighted by Crippen LogP contribution is 2.33. The van der Waals surface area contributed by atoms with E-state index in [1.165, 1.54) is 19.2 Å². The minimum atomic E-state index is -0.334. The Morgan fingerprint density at radius 1 is 1.03 bits per heavy atom. The van der Waals surface area contributed by atoms with E-state index in [1.54, 1.807) is 18.2 Å². The summed E-state index contributed by atoms with van der Waals surface area (Å²) in [6.45, 7) is 6.77. The molecule has 2 aromatic rings. The Bertz CT molecular complexity index is 1020. The molecule has 8 heteroatoms. The number of likely N-dealkylation sites (tertiary alicyclic amines) is 2. The van der Waals surface area contributed by atoms with Crippen LogP contribution in [0.4, 0.5) is 4.39 Å². The van der Waals surface area contributed by atoms with Crippen LogP contribution < -0.4 is 4.74 Å². The van der Waals surface area contributed by atoms with Gasteiger partial charge in [-0.2, -0.15) is 0 Å². The standard InChI is InChI=1S/C28H35Cl2FN2O3/c1-19-26(8-7-24(29)27(19)30)36-23-11-13-32(14-12-23)18-21-9-15-33(16-10-21)25(28(34)35-2)17-20-3-5-22(31)6-4-20/h3-8,21,23,25H,9-18H2,1-2H3. The SMILES string of the molecule is COC(=O)C(Cc1ccc(F)cc1)N1CCC(CN2CCC(Oc3ccc(Cl)c(Cl)c3C)CC2)CC1. The maximum Gasteiger partial charge on any atom is 0.323 e. The molecule has 1 atom stereocenters. The Morgan fingerprint density at radius 2 is 1.69 bits per heavy atom. The van der Waals surface area contributed by atoms with Gasteiger partial charge in [0, 0.05) is 25.2 Å². The number of rotatable bonds is 8. The van der Waals surface area contributed by atoms with Crippen molar-refractivity contribution in [3.8, 4) is 5.75 Å². The number of piperidine rings is 2. The van der Waals surface area contributed by atoms with Crippen LogP contribution in [0.1, 0.15) is 36.8 Å². The van der Waals surface area contributed by atoms with Crippen molar-refractivity contribution < 1.29 is 18.7 Å². The minimum Gasteiger partial charge on any atom is -0.490 e. The molecule has 36 heavy (non-hydrogen) atoms. The fourth-order valence-electron chi connectivity index (χ4n) is 5.30. The molecule has 0 bridgehead atoms. The summed E-state index contributed by atoms with van der Waals surface area (Å²) in [4.78, 5) is 17.3. The molecule has 0 amide bonds. The average molecular weight is 538 g/mol. The number of methoxy groups -OCH3 is 1. The summed E-state index contributed by atoms with van der Waals surface area (Å²) in [6.07, 6.45) is 4.79. The van der Waals surface area contributed by atoms with Crippen molar-refractivity contribution in [3.63, 3.8) is 0 Å². The third kappa shape index (κ3) is 6.91. The summed E-state index contributed by atoms with van der Waals surface area (Å²) < 4.78 is 24.6. The first kappa shape index (κ1) is 27.2. The van der Waals surface area contributed by atoms with E-state index in [0.717, 1.165) is 75.3 Å². The van der Waals surface area contributed by atoms with E-state index in [1.807, 2.05) is 13.0 Å². The number of carbonyl (C=O) groups is 1. The number of carbonyl (C=O) groups excluding carboxylic acids is 1. The van der Waals surface area contributed by atoms with Gasteiger partial charge in [-0.3, -0.25) is 9.69 Å². The summed E-state index contributed by atoms with van der Waals surface area (Å²) in [5, 5.41) is 1.11. The molecule has 4 rings (SSSR count). The molecule has 2 aromatic carbocycles. The van der Waals surface area contributed by atoms with E-state index in [-0.39, 0.29) is 23.9 Å².